The monoisotopic (exact) mass is 474 g/mol. The molecule has 0 spiro atoms. The van der Waals surface area contributed by atoms with E-state index in [-0.39, 0.29) is 0 Å². The highest BCUT2D eigenvalue weighted by Gasteiger charge is 2.21. The molecule has 0 bridgehead atoms. The Morgan fingerprint density at radius 1 is 0.812 bits per heavy atom. The van der Waals surface area contributed by atoms with Gasteiger partial charge in [-0.05, 0) is 17.7 Å². The number of nitrogens with zero attached hydrogens (tertiary/aromatic N) is 8. The maximum absolute atomic E-state index is 5.96. The Hall–Kier alpha value is -2.47. The number of anilines is 2. The van der Waals surface area contributed by atoms with Crippen molar-refractivity contribution in [1.82, 2.24) is 29.7 Å². The Bertz CT molecular complexity index is 1000. The van der Waals surface area contributed by atoms with Gasteiger partial charge in [-0.15, -0.1) is 5.10 Å². The minimum absolute atomic E-state index is 0.453. The molecular weight excluding hydrogens is 452 g/mol. The average Bonchev–Trinajstić information content (AvgIpc) is 3.34. The minimum atomic E-state index is 0.453. The van der Waals surface area contributed by atoms with Gasteiger partial charge in [-0.3, -0.25) is 0 Å². The third-order valence-electron chi connectivity index (χ3n) is 5.14. The Labute approximate surface area is 194 Å². The van der Waals surface area contributed by atoms with Crippen LogP contribution >= 0.6 is 23.4 Å². The summed E-state index contributed by atoms with van der Waals surface area (Å²) in [6.45, 7) is 5.59. The molecule has 2 aliphatic rings. The molecule has 5 rings (SSSR count). The number of aromatic nitrogens is 6. The summed E-state index contributed by atoms with van der Waals surface area (Å²) in [5.74, 6) is 2.46. The molecule has 4 heterocycles. The number of hydrogen-bond donors (Lipinski definition) is 0. The van der Waals surface area contributed by atoms with E-state index in [1.807, 2.05) is 24.3 Å². The molecule has 10 nitrogen and oxygen atoms in total. The van der Waals surface area contributed by atoms with Gasteiger partial charge in [0.05, 0.1) is 26.4 Å². The molecule has 0 unspecified atom stereocenters. The second-order valence-electron chi connectivity index (χ2n) is 7.32. The van der Waals surface area contributed by atoms with Crippen LogP contribution in [0.25, 0.3) is 5.95 Å². The van der Waals surface area contributed by atoms with Crippen LogP contribution in [0.1, 0.15) is 5.56 Å². The number of thioether (sulfide) groups is 1. The van der Waals surface area contributed by atoms with Crippen molar-refractivity contribution < 1.29 is 9.47 Å². The molecule has 2 fully saturated rings. The minimum Gasteiger partial charge on any atom is -0.378 e. The van der Waals surface area contributed by atoms with Gasteiger partial charge < -0.3 is 19.3 Å². The van der Waals surface area contributed by atoms with Gasteiger partial charge in [0.1, 0.15) is 6.33 Å². The van der Waals surface area contributed by atoms with Crippen molar-refractivity contribution in [1.29, 1.82) is 0 Å². The summed E-state index contributed by atoms with van der Waals surface area (Å²) in [5.41, 5.74) is 1.15. The van der Waals surface area contributed by atoms with E-state index < -0.39 is 0 Å². The molecule has 0 atom stereocenters. The Morgan fingerprint density at radius 3 is 1.97 bits per heavy atom. The van der Waals surface area contributed by atoms with E-state index in [9.17, 15) is 0 Å². The van der Waals surface area contributed by atoms with Gasteiger partial charge in [0, 0.05) is 37.0 Å². The molecule has 0 aliphatic carbocycles. The van der Waals surface area contributed by atoms with Gasteiger partial charge in [-0.25, -0.2) is 4.98 Å². The molecule has 0 amide bonds. The predicted molar refractivity (Wildman–Crippen MR) is 122 cm³/mol. The van der Waals surface area contributed by atoms with Crippen LogP contribution < -0.4 is 9.80 Å². The number of ether oxygens (including phenoxy) is 2. The Balaban J connectivity index is 1.38. The zero-order chi connectivity index (χ0) is 21.8. The van der Waals surface area contributed by atoms with E-state index in [1.54, 1.807) is 22.8 Å². The summed E-state index contributed by atoms with van der Waals surface area (Å²) in [6, 6.07) is 7.77. The fraction of sp³-hybridized carbons (Fsp3) is 0.450. The second kappa shape index (κ2) is 9.99. The molecular formula is C20H23ClN8O2S. The van der Waals surface area contributed by atoms with Crippen molar-refractivity contribution in [2.75, 3.05) is 62.4 Å². The molecule has 0 N–H and O–H groups in total. The van der Waals surface area contributed by atoms with Crippen LogP contribution in [0.15, 0.2) is 35.7 Å². The molecule has 1 aromatic carbocycles. The lowest BCUT2D eigenvalue weighted by molar-refractivity contribution is 0.121. The van der Waals surface area contributed by atoms with E-state index in [4.69, 9.17) is 36.0 Å². The standard InChI is InChI=1S/C20H23ClN8O2S/c21-16-3-1-15(2-4-16)13-32-20-22-14-29(26-20)19-24-17(27-5-9-30-10-6-27)23-18(25-19)28-7-11-31-12-8-28/h1-4,14H,5-13H2. The lowest BCUT2D eigenvalue weighted by atomic mass is 10.2. The number of halogens is 1. The molecule has 0 saturated carbocycles. The zero-order valence-corrected chi connectivity index (χ0v) is 19.0. The van der Waals surface area contributed by atoms with Gasteiger partial charge in [-0.2, -0.15) is 19.6 Å². The number of morpholine rings is 2. The first kappa shape index (κ1) is 21.4. The molecule has 2 saturated heterocycles. The van der Waals surface area contributed by atoms with E-state index in [0.29, 0.717) is 49.4 Å². The van der Waals surface area contributed by atoms with E-state index in [0.717, 1.165) is 42.5 Å². The molecule has 12 heteroatoms. The summed E-state index contributed by atoms with van der Waals surface area (Å²) >= 11 is 7.51. The van der Waals surface area contributed by atoms with Crippen LogP contribution in [0.2, 0.25) is 5.02 Å². The molecule has 168 valence electrons. The third kappa shape index (κ3) is 5.12. The van der Waals surface area contributed by atoms with E-state index in [1.165, 1.54) is 0 Å². The summed E-state index contributed by atoms with van der Waals surface area (Å²) in [5, 5.41) is 5.97. The van der Waals surface area contributed by atoms with E-state index in [2.05, 4.69) is 19.9 Å². The number of hydrogen-bond acceptors (Lipinski definition) is 10. The van der Waals surface area contributed by atoms with Crippen molar-refractivity contribution >= 4 is 35.3 Å². The van der Waals surface area contributed by atoms with Crippen molar-refractivity contribution in [3.8, 4) is 5.95 Å². The van der Waals surface area contributed by atoms with Gasteiger partial charge in [-0.1, -0.05) is 35.5 Å². The van der Waals surface area contributed by atoms with Crippen molar-refractivity contribution in [2.45, 2.75) is 10.9 Å². The van der Waals surface area contributed by atoms with Crippen LogP contribution in [0.4, 0.5) is 11.9 Å². The molecule has 0 radical (unpaired) electrons. The number of benzene rings is 1. The summed E-state index contributed by atoms with van der Waals surface area (Å²) < 4.78 is 12.6. The highest BCUT2D eigenvalue weighted by molar-refractivity contribution is 7.98. The third-order valence-corrected chi connectivity index (χ3v) is 6.32. The zero-order valence-electron chi connectivity index (χ0n) is 17.4. The van der Waals surface area contributed by atoms with Crippen LogP contribution in [-0.4, -0.2) is 82.3 Å². The van der Waals surface area contributed by atoms with Crippen molar-refractivity contribution in [2.24, 2.45) is 0 Å². The Kier molecular flexibility index (Phi) is 6.67. The predicted octanol–water partition coefficient (Wildman–Crippen LogP) is 2.07. The topological polar surface area (TPSA) is 94.3 Å². The van der Waals surface area contributed by atoms with E-state index >= 15 is 0 Å². The molecule has 3 aromatic rings. The summed E-state index contributed by atoms with van der Waals surface area (Å²) in [7, 11) is 0. The molecule has 2 aliphatic heterocycles. The van der Waals surface area contributed by atoms with Gasteiger partial charge >= 0.3 is 0 Å². The lowest BCUT2D eigenvalue weighted by Gasteiger charge is -2.30. The first-order valence-electron chi connectivity index (χ1n) is 10.5. The maximum atomic E-state index is 5.96. The SMILES string of the molecule is Clc1ccc(CSc2ncn(-c3nc(N4CCOCC4)nc(N4CCOCC4)n3)n2)cc1. The average molecular weight is 475 g/mol. The second-order valence-corrected chi connectivity index (χ2v) is 8.70. The lowest BCUT2D eigenvalue weighted by Crippen LogP contribution is -2.40. The normalized spacial score (nSPS) is 17.0. The largest absolute Gasteiger partial charge is 0.378 e. The first-order valence-corrected chi connectivity index (χ1v) is 11.8. The smallest absolute Gasteiger partial charge is 0.258 e. The Morgan fingerprint density at radius 2 is 1.38 bits per heavy atom. The first-order chi connectivity index (χ1) is 15.7. The van der Waals surface area contributed by atoms with Gasteiger partial charge in [0.2, 0.25) is 17.1 Å². The number of rotatable bonds is 6. The quantitative estimate of drug-likeness (QED) is 0.494. The summed E-state index contributed by atoms with van der Waals surface area (Å²) in [4.78, 5) is 22.8. The van der Waals surface area contributed by atoms with Crippen LogP contribution in [0, 0.1) is 0 Å². The fourth-order valence-corrected chi connectivity index (χ4v) is 4.28. The van der Waals surface area contributed by atoms with Crippen molar-refractivity contribution in [3.63, 3.8) is 0 Å². The van der Waals surface area contributed by atoms with Crippen LogP contribution in [0.3, 0.4) is 0 Å². The molecule has 32 heavy (non-hydrogen) atoms. The van der Waals surface area contributed by atoms with Crippen molar-refractivity contribution in [3.05, 3.63) is 41.2 Å². The molecule has 2 aromatic heterocycles. The highest BCUT2D eigenvalue weighted by atomic mass is 35.5. The maximum Gasteiger partial charge on any atom is 0.258 e. The van der Waals surface area contributed by atoms with Gasteiger partial charge in [0.15, 0.2) is 0 Å². The van der Waals surface area contributed by atoms with Crippen LogP contribution in [0.5, 0.6) is 0 Å². The van der Waals surface area contributed by atoms with Gasteiger partial charge in [0.25, 0.3) is 5.95 Å². The fourth-order valence-electron chi connectivity index (χ4n) is 3.39. The van der Waals surface area contributed by atoms with Crippen LogP contribution in [-0.2, 0) is 15.2 Å². The highest BCUT2D eigenvalue weighted by Crippen LogP contribution is 2.22. The summed E-state index contributed by atoms with van der Waals surface area (Å²) in [6.07, 6.45) is 1.64.